The fourth-order valence-corrected chi connectivity index (χ4v) is 1.84. The second-order valence-electron chi connectivity index (χ2n) is 6.59. The number of hydrogen-bond donors (Lipinski definition) is 2. The molecule has 0 heterocycles. The summed E-state index contributed by atoms with van der Waals surface area (Å²) in [5.41, 5.74) is 11.1. The zero-order valence-corrected chi connectivity index (χ0v) is 13.0. The number of rotatable bonds is 9. The molecule has 0 aromatic rings. The molecule has 0 aliphatic rings. The van der Waals surface area contributed by atoms with Gasteiger partial charge in [-0.1, -0.05) is 0 Å². The molecule has 0 rings (SSSR count). The molecule has 0 fully saturated rings. The lowest BCUT2D eigenvalue weighted by Gasteiger charge is -2.31. The summed E-state index contributed by atoms with van der Waals surface area (Å²) in [6.07, 6.45) is 1.70. The standard InChI is InChI=1S/C14H32N2O2/c1-11(15)9-14(5,6)17-8-7-13(3,4)18-10-12(2)16/h11-12H,7-10,15-16H2,1-6H3. The van der Waals surface area contributed by atoms with Gasteiger partial charge in [0.15, 0.2) is 0 Å². The third-order valence-electron chi connectivity index (χ3n) is 2.75. The van der Waals surface area contributed by atoms with Crippen LogP contribution in [0.1, 0.15) is 54.4 Å². The van der Waals surface area contributed by atoms with Crippen LogP contribution in [0.15, 0.2) is 0 Å². The molecule has 0 aromatic heterocycles. The molecular formula is C14H32N2O2. The molecule has 0 saturated heterocycles. The van der Waals surface area contributed by atoms with E-state index >= 15 is 0 Å². The average Bonchev–Trinajstić information content (AvgIpc) is 2.12. The van der Waals surface area contributed by atoms with Gasteiger partial charge in [0.2, 0.25) is 0 Å². The molecular weight excluding hydrogens is 228 g/mol. The van der Waals surface area contributed by atoms with E-state index in [9.17, 15) is 0 Å². The van der Waals surface area contributed by atoms with Gasteiger partial charge in [0.25, 0.3) is 0 Å². The summed E-state index contributed by atoms with van der Waals surface area (Å²) in [6, 6.07) is 0.224. The van der Waals surface area contributed by atoms with Gasteiger partial charge < -0.3 is 20.9 Å². The van der Waals surface area contributed by atoms with Gasteiger partial charge in [0.1, 0.15) is 0 Å². The third kappa shape index (κ3) is 9.83. The van der Waals surface area contributed by atoms with Crippen LogP contribution in [0.3, 0.4) is 0 Å². The largest absolute Gasteiger partial charge is 0.375 e. The normalized spacial score (nSPS) is 16.7. The zero-order valence-electron chi connectivity index (χ0n) is 13.0. The Morgan fingerprint density at radius 1 is 0.889 bits per heavy atom. The van der Waals surface area contributed by atoms with Crippen LogP contribution in [-0.2, 0) is 9.47 Å². The predicted molar refractivity (Wildman–Crippen MR) is 76.6 cm³/mol. The minimum atomic E-state index is -0.196. The fraction of sp³-hybridized carbons (Fsp3) is 1.00. The van der Waals surface area contributed by atoms with Crippen molar-refractivity contribution in [2.24, 2.45) is 11.5 Å². The first-order valence-electron chi connectivity index (χ1n) is 6.83. The number of ether oxygens (including phenoxy) is 2. The first-order chi connectivity index (χ1) is 8.04. The molecule has 0 aliphatic carbocycles. The highest BCUT2D eigenvalue weighted by Gasteiger charge is 2.23. The maximum absolute atomic E-state index is 5.89. The van der Waals surface area contributed by atoms with Crippen LogP contribution in [0.2, 0.25) is 0 Å². The molecule has 4 N–H and O–H groups in total. The zero-order chi connectivity index (χ0) is 14.4. The van der Waals surface area contributed by atoms with E-state index in [1.54, 1.807) is 0 Å². The minimum absolute atomic E-state index is 0.0692. The molecule has 0 saturated carbocycles. The summed E-state index contributed by atoms with van der Waals surface area (Å²) in [4.78, 5) is 0. The first kappa shape index (κ1) is 17.8. The molecule has 18 heavy (non-hydrogen) atoms. The highest BCUT2D eigenvalue weighted by molar-refractivity contribution is 4.75. The Morgan fingerprint density at radius 2 is 1.44 bits per heavy atom. The number of nitrogens with two attached hydrogens (primary N) is 2. The van der Waals surface area contributed by atoms with Crippen molar-refractivity contribution in [1.29, 1.82) is 0 Å². The lowest BCUT2D eigenvalue weighted by atomic mass is 10.00. The van der Waals surface area contributed by atoms with Crippen molar-refractivity contribution in [3.05, 3.63) is 0 Å². The van der Waals surface area contributed by atoms with Crippen LogP contribution in [0, 0.1) is 0 Å². The van der Waals surface area contributed by atoms with Crippen molar-refractivity contribution in [1.82, 2.24) is 0 Å². The van der Waals surface area contributed by atoms with Gasteiger partial charge >= 0.3 is 0 Å². The van der Waals surface area contributed by atoms with E-state index in [2.05, 4.69) is 27.7 Å². The quantitative estimate of drug-likeness (QED) is 0.665. The lowest BCUT2D eigenvalue weighted by molar-refractivity contribution is -0.0772. The van der Waals surface area contributed by atoms with Gasteiger partial charge in [-0.15, -0.1) is 0 Å². The highest BCUT2D eigenvalue weighted by Crippen LogP contribution is 2.20. The molecule has 4 heteroatoms. The lowest BCUT2D eigenvalue weighted by Crippen LogP contribution is -2.36. The van der Waals surface area contributed by atoms with Gasteiger partial charge in [0.05, 0.1) is 24.4 Å². The Morgan fingerprint density at radius 3 is 1.89 bits per heavy atom. The maximum Gasteiger partial charge on any atom is 0.0649 e. The van der Waals surface area contributed by atoms with Gasteiger partial charge in [-0.05, 0) is 54.4 Å². The van der Waals surface area contributed by atoms with E-state index in [0.29, 0.717) is 13.2 Å². The molecule has 0 amide bonds. The maximum atomic E-state index is 5.89. The summed E-state index contributed by atoms with van der Waals surface area (Å²) < 4.78 is 11.6. The smallest absolute Gasteiger partial charge is 0.0649 e. The van der Waals surface area contributed by atoms with E-state index in [0.717, 1.165) is 12.8 Å². The topological polar surface area (TPSA) is 70.5 Å². The predicted octanol–water partition coefficient (Wildman–Crippen LogP) is 2.05. The van der Waals surface area contributed by atoms with Crippen molar-refractivity contribution >= 4 is 0 Å². The van der Waals surface area contributed by atoms with Crippen LogP contribution in [0.5, 0.6) is 0 Å². The molecule has 0 bridgehead atoms. The molecule has 0 aliphatic heterocycles. The Kier molecular flexibility index (Phi) is 7.37. The second-order valence-corrected chi connectivity index (χ2v) is 6.59. The van der Waals surface area contributed by atoms with Gasteiger partial charge in [-0.2, -0.15) is 0 Å². The summed E-state index contributed by atoms with van der Waals surface area (Å²) in [5, 5.41) is 0. The summed E-state index contributed by atoms with van der Waals surface area (Å²) in [7, 11) is 0. The average molecular weight is 260 g/mol. The van der Waals surface area contributed by atoms with E-state index in [1.165, 1.54) is 0 Å². The van der Waals surface area contributed by atoms with E-state index in [1.807, 2.05) is 13.8 Å². The molecule has 0 spiro atoms. The van der Waals surface area contributed by atoms with Gasteiger partial charge in [-0.3, -0.25) is 0 Å². The Labute approximate surface area is 112 Å². The van der Waals surface area contributed by atoms with Crippen molar-refractivity contribution in [2.75, 3.05) is 13.2 Å². The summed E-state index contributed by atoms with van der Waals surface area (Å²) >= 11 is 0. The van der Waals surface area contributed by atoms with Crippen molar-refractivity contribution in [3.8, 4) is 0 Å². The highest BCUT2D eigenvalue weighted by atomic mass is 16.5. The third-order valence-corrected chi connectivity index (χ3v) is 2.75. The molecule has 2 unspecified atom stereocenters. The Hall–Kier alpha value is -0.160. The first-order valence-corrected chi connectivity index (χ1v) is 6.83. The second kappa shape index (κ2) is 7.43. The summed E-state index contributed by atoms with van der Waals surface area (Å²) in [5.74, 6) is 0. The van der Waals surface area contributed by atoms with Crippen LogP contribution < -0.4 is 11.5 Å². The van der Waals surface area contributed by atoms with Crippen LogP contribution in [0.4, 0.5) is 0 Å². The SMILES string of the molecule is CC(N)COC(C)(C)CCOC(C)(C)CC(C)N. The van der Waals surface area contributed by atoms with Crippen molar-refractivity contribution < 1.29 is 9.47 Å². The van der Waals surface area contributed by atoms with Gasteiger partial charge in [0, 0.05) is 12.1 Å². The Balaban J connectivity index is 3.94. The Bertz CT molecular complexity index is 226. The number of hydrogen-bond acceptors (Lipinski definition) is 4. The molecule has 4 nitrogen and oxygen atoms in total. The van der Waals surface area contributed by atoms with Crippen LogP contribution in [0.25, 0.3) is 0 Å². The van der Waals surface area contributed by atoms with E-state index < -0.39 is 0 Å². The van der Waals surface area contributed by atoms with E-state index in [-0.39, 0.29) is 23.3 Å². The summed E-state index contributed by atoms with van der Waals surface area (Å²) in [6.45, 7) is 13.5. The minimum Gasteiger partial charge on any atom is -0.375 e. The van der Waals surface area contributed by atoms with Gasteiger partial charge in [-0.25, -0.2) is 0 Å². The molecule has 110 valence electrons. The molecule has 0 radical (unpaired) electrons. The fourth-order valence-electron chi connectivity index (χ4n) is 1.84. The monoisotopic (exact) mass is 260 g/mol. The van der Waals surface area contributed by atoms with Crippen molar-refractivity contribution in [2.45, 2.75) is 77.7 Å². The van der Waals surface area contributed by atoms with E-state index in [4.69, 9.17) is 20.9 Å². The van der Waals surface area contributed by atoms with Crippen LogP contribution in [-0.4, -0.2) is 36.5 Å². The van der Waals surface area contributed by atoms with Crippen molar-refractivity contribution in [3.63, 3.8) is 0 Å². The van der Waals surface area contributed by atoms with Crippen LogP contribution >= 0.6 is 0 Å². The molecule has 2 atom stereocenters. The molecule has 0 aromatic carbocycles.